The highest BCUT2D eigenvalue weighted by atomic mass is 35.5. The zero-order valence-corrected chi connectivity index (χ0v) is 16.8. The number of nitrogens with one attached hydrogen (secondary N) is 1. The predicted octanol–water partition coefficient (Wildman–Crippen LogP) is 3.72. The Balaban J connectivity index is 1.67. The lowest BCUT2D eigenvalue weighted by molar-refractivity contribution is -0.116. The Morgan fingerprint density at radius 1 is 1.33 bits per heavy atom. The number of hydrogen-bond acceptors (Lipinski definition) is 3. The third kappa shape index (κ3) is 4.22. The van der Waals surface area contributed by atoms with Crippen LogP contribution in [0.5, 0.6) is 0 Å². The summed E-state index contributed by atoms with van der Waals surface area (Å²) in [6.07, 6.45) is 3.20. The number of carbonyl (C=O) groups excluding carboxylic acids is 1. The summed E-state index contributed by atoms with van der Waals surface area (Å²) in [7, 11) is 1.94. The number of halogens is 1. The number of carbonyl (C=O) groups is 1. The largest absolute Gasteiger partial charge is 0.345 e. The Morgan fingerprint density at radius 3 is 2.78 bits per heavy atom. The van der Waals surface area contributed by atoms with Crippen LogP contribution in [0.4, 0.5) is 0 Å². The number of aryl methyl sites for hydroxylation is 2. The molecule has 0 aliphatic heterocycles. The van der Waals surface area contributed by atoms with Crippen molar-refractivity contribution in [1.29, 1.82) is 0 Å². The first-order chi connectivity index (χ1) is 12.9. The van der Waals surface area contributed by atoms with Crippen LogP contribution < -0.4 is 5.32 Å². The van der Waals surface area contributed by atoms with Gasteiger partial charge in [0.1, 0.15) is 11.0 Å². The van der Waals surface area contributed by atoms with Gasteiger partial charge in [0.25, 0.3) is 0 Å². The summed E-state index contributed by atoms with van der Waals surface area (Å²) in [6, 6.07) is 7.89. The van der Waals surface area contributed by atoms with Gasteiger partial charge in [0.2, 0.25) is 5.91 Å². The molecule has 0 fully saturated rings. The minimum atomic E-state index is -0.200. The molecule has 1 aromatic carbocycles. The molecule has 0 saturated heterocycles. The van der Waals surface area contributed by atoms with Crippen molar-refractivity contribution in [2.75, 3.05) is 0 Å². The maximum Gasteiger partial charge on any atom is 0.244 e. The van der Waals surface area contributed by atoms with Crippen molar-refractivity contribution in [2.45, 2.75) is 33.9 Å². The van der Waals surface area contributed by atoms with Gasteiger partial charge in [0.05, 0.1) is 23.3 Å². The second-order valence-corrected chi connectivity index (χ2v) is 7.35. The first kappa shape index (κ1) is 19.2. The average Bonchev–Trinajstić information content (AvgIpc) is 3.08. The number of fused-ring (bicyclic) bond motifs is 1. The zero-order chi connectivity index (χ0) is 19.6. The van der Waals surface area contributed by atoms with Crippen LogP contribution in [-0.2, 0) is 24.9 Å². The van der Waals surface area contributed by atoms with E-state index in [9.17, 15) is 4.79 Å². The van der Waals surface area contributed by atoms with E-state index in [1.54, 1.807) is 10.8 Å². The van der Waals surface area contributed by atoms with Crippen molar-refractivity contribution < 1.29 is 4.79 Å². The first-order valence-electron chi connectivity index (χ1n) is 8.96. The van der Waals surface area contributed by atoms with E-state index in [4.69, 9.17) is 11.6 Å². The Hall–Kier alpha value is -2.60. The molecule has 2 aromatic heterocycles. The van der Waals surface area contributed by atoms with E-state index in [-0.39, 0.29) is 5.91 Å². The van der Waals surface area contributed by atoms with E-state index in [1.807, 2.05) is 42.8 Å². The van der Waals surface area contributed by atoms with Crippen LogP contribution >= 0.6 is 11.6 Å². The number of amides is 1. The van der Waals surface area contributed by atoms with Crippen LogP contribution in [0.1, 0.15) is 30.9 Å². The molecule has 7 heteroatoms. The van der Waals surface area contributed by atoms with Crippen LogP contribution in [0, 0.1) is 12.8 Å². The smallest absolute Gasteiger partial charge is 0.244 e. The van der Waals surface area contributed by atoms with Crippen LogP contribution in [0.2, 0.25) is 5.15 Å². The third-order valence-corrected chi connectivity index (χ3v) is 4.75. The molecule has 6 nitrogen and oxygen atoms in total. The predicted molar refractivity (Wildman–Crippen MR) is 108 cm³/mol. The van der Waals surface area contributed by atoms with Gasteiger partial charge < -0.3 is 9.88 Å². The summed E-state index contributed by atoms with van der Waals surface area (Å²) in [5.41, 5.74) is 3.53. The second-order valence-electron chi connectivity index (χ2n) is 6.99. The molecule has 1 N–H and O–H groups in total. The SMILES string of the molecule is Cc1nn(CC(C)C)c(Cl)c1/C=C/C(=O)NCc1nc2ccccc2n1C. The third-order valence-electron chi connectivity index (χ3n) is 4.35. The van der Waals surface area contributed by atoms with Gasteiger partial charge in [-0.2, -0.15) is 5.10 Å². The zero-order valence-electron chi connectivity index (χ0n) is 16.0. The lowest BCUT2D eigenvalue weighted by atomic mass is 10.2. The van der Waals surface area contributed by atoms with Crippen molar-refractivity contribution in [3.8, 4) is 0 Å². The normalized spacial score (nSPS) is 11.8. The minimum absolute atomic E-state index is 0.200. The summed E-state index contributed by atoms with van der Waals surface area (Å²) in [5, 5.41) is 7.87. The number of hydrogen-bond donors (Lipinski definition) is 1. The molecule has 1 amide bonds. The standard InChI is InChI=1S/C20H24ClN5O/c1-13(2)12-26-20(21)15(14(3)24-26)9-10-19(27)22-11-18-23-16-7-5-6-8-17(16)25(18)4/h5-10,13H,11-12H2,1-4H3,(H,22,27)/b10-9+. The molecular formula is C20H24ClN5O. The van der Waals surface area contributed by atoms with Crippen LogP contribution in [0.3, 0.4) is 0 Å². The second kappa shape index (κ2) is 7.96. The number of rotatable bonds is 6. The van der Waals surface area contributed by atoms with Gasteiger partial charge in [-0.3, -0.25) is 9.48 Å². The maximum atomic E-state index is 12.2. The van der Waals surface area contributed by atoms with Gasteiger partial charge in [0.15, 0.2) is 0 Å². The van der Waals surface area contributed by atoms with E-state index in [0.29, 0.717) is 17.6 Å². The molecule has 2 heterocycles. The number of para-hydroxylation sites is 2. The van der Waals surface area contributed by atoms with Gasteiger partial charge in [-0.25, -0.2) is 4.98 Å². The van der Waals surface area contributed by atoms with E-state index in [1.165, 1.54) is 6.08 Å². The van der Waals surface area contributed by atoms with E-state index in [0.717, 1.165) is 34.7 Å². The van der Waals surface area contributed by atoms with E-state index >= 15 is 0 Å². The first-order valence-corrected chi connectivity index (χ1v) is 9.33. The van der Waals surface area contributed by atoms with Crippen molar-refractivity contribution in [2.24, 2.45) is 13.0 Å². The van der Waals surface area contributed by atoms with Crippen LogP contribution in [-0.4, -0.2) is 25.2 Å². The molecule has 0 radical (unpaired) electrons. The molecular weight excluding hydrogens is 362 g/mol. The Morgan fingerprint density at radius 2 is 2.07 bits per heavy atom. The number of nitrogens with zero attached hydrogens (tertiary/aromatic N) is 4. The van der Waals surface area contributed by atoms with Gasteiger partial charge in [-0.05, 0) is 31.1 Å². The molecule has 3 rings (SSSR count). The van der Waals surface area contributed by atoms with Gasteiger partial charge in [-0.1, -0.05) is 37.6 Å². The Bertz CT molecular complexity index is 999. The molecule has 0 unspecified atom stereocenters. The molecule has 0 bridgehead atoms. The maximum absolute atomic E-state index is 12.2. The highest BCUT2D eigenvalue weighted by Gasteiger charge is 2.12. The molecule has 0 aliphatic carbocycles. The molecule has 0 spiro atoms. The topological polar surface area (TPSA) is 64.7 Å². The Kier molecular flexibility index (Phi) is 5.65. The summed E-state index contributed by atoms with van der Waals surface area (Å²) in [4.78, 5) is 16.8. The van der Waals surface area contributed by atoms with Gasteiger partial charge in [0, 0.05) is 25.2 Å². The van der Waals surface area contributed by atoms with Crippen molar-refractivity contribution in [1.82, 2.24) is 24.6 Å². The molecule has 0 saturated carbocycles. The fraction of sp³-hybridized carbons (Fsp3) is 0.350. The number of benzene rings is 1. The fourth-order valence-electron chi connectivity index (χ4n) is 2.96. The van der Waals surface area contributed by atoms with Crippen LogP contribution in [0.25, 0.3) is 17.1 Å². The lowest BCUT2D eigenvalue weighted by Gasteiger charge is -2.05. The van der Waals surface area contributed by atoms with E-state index < -0.39 is 0 Å². The number of imidazole rings is 1. The highest BCUT2D eigenvalue weighted by molar-refractivity contribution is 6.31. The van der Waals surface area contributed by atoms with E-state index in [2.05, 4.69) is 29.2 Å². The van der Waals surface area contributed by atoms with Crippen molar-refractivity contribution in [3.05, 3.63) is 52.6 Å². The molecule has 0 aliphatic rings. The molecule has 27 heavy (non-hydrogen) atoms. The summed E-state index contributed by atoms with van der Waals surface area (Å²) >= 11 is 6.40. The summed E-state index contributed by atoms with van der Waals surface area (Å²) < 4.78 is 3.76. The fourth-order valence-corrected chi connectivity index (χ4v) is 3.27. The summed E-state index contributed by atoms with van der Waals surface area (Å²) in [5.74, 6) is 1.04. The van der Waals surface area contributed by atoms with Gasteiger partial charge in [-0.15, -0.1) is 0 Å². The molecule has 3 aromatic rings. The highest BCUT2D eigenvalue weighted by Crippen LogP contribution is 2.22. The summed E-state index contributed by atoms with van der Waals surface area (Å²) in [6.45, 7) is 7.20. The van der Waals surface area contributed by atoms with Crippen molar-refractivity contribution in [3.63, 3.8) is 0 Å². The lowest BCUT2D eigenvalue weighted by Crippen LogP contribution is -2.22. The monoisotopic (exact) mass is 385 g/mol. The average molecular weight is 386 g/mol. The minimum Gasteiger partial charge on any atom is -0.345 e. The molecule has 0 atom stereocenters. The molecule has 142 valence electrons. The van der Waals surface area contributed by atoms with Crippen LogP contribution in [0.15, 0.2) is 30.3 Å². The Labute approximate surface area is 163 Å². The number of aromatic nitrogens is 4. The van der Waals surface area contributed by atoms with Gasteiger partial charge >= 0.3 is 0 Å². The quantitative estimate of drug-likeness (QED) is 0.658. The van der Waals surface area contributed by atoms with Crippen molar-refractivity contribution >= 4 is 34.6 Å².